The molecular formula is C35H37BrN4. The third kappa shape index (κ3) is 6.92. The topological polar surface area (TPSA) is 55.6 Å². The van der Waals surface area contributed by atoms with Crippen LogP contribution in [-0.4, -0.2) is 9.97 Å². The molecule has 40 heavy (non-hydrogen) atoms. The highest BCUT2D eigenvalue weighted by atomic mass is 79.9. The van der Waals surface area contributed by atoms with Crippen molar-refractivity contribution in [2.24, 2.45) is 0 Å². The normalized spacial score (nSPS) is 12.7. The summed E-state index contributed by atoms with van der Waals surface area (Å²) in [5.41, 5.74) is 7.68. The van der Waals surface area contributed by atoms with Crippen LogP contribution in [0.3, 0.4) is 0 Å². The molecule has 0 spiro atoms. The molecular weight excluding hydrogens is 556 g/mol. The van der Waals surface area contributed by atoms with Crippen LogP contribution in [0.5, 0.6) is 0 Å². The zero-order valence-electron chi connectivity index (χ0n) is 23.1. The minimum Gasteiger partial charge on any atom is -0.361 e. The van der Waals surface area contributed by atoms with Crippen molar-refractivity contribution in [2.75, 3.05) is 0 Å². The molecule has 4 aromatic carbocycles. The Labute approximate surface area is 245 Å². The lowest BCUT2D eigenvalue weighted by Crippen LogP contribution is -2.19. The van der Waals surface area contributed by atoms with Gasteiger partial charge < -0.3 is 20.6 Å². The van der Waals surface area contributed by atoms with Gasteiger partial charge in [0.1, 0.15) is 0 Å². The number of hydrogen-bond donors (Lipinski definition) is 4. The largest absolute Gasteiger partial charge is 0.361 e. The molecule has 0 amide bonds. The lowest BCUT2D eigenvalue weighted by molar-refractivity contribution is 0.522. The molecule has 0 radical (unpaired) electrons. The van der Waals surface area contributed by atoms with Gasteiger partial charge >= 0.3 is 0 Å². The van der Waals surface area contributed by atoms with Gasteiger partial charge in [0, 0.05) is 63.8 Å². The molecule has 6 aromatic rings. The van der Waals surface area contributed by atoms with Crippen molar-refractivity contribution in [2.45, 2.75) is 45.4 Å². The molecule has 0 aliphatic rings. The minimum atomic E-state index is 0.304. The molecule has 0 saturated heterocycles. The standard InChI is InChI=1S/C18H20N2.C17H17BrN2/c1-2-17(19-12-14-8-4-3-5-9-14)16-13-20-18-11-7-6-10-15(16)18;1-12(19-10-13-5-3-2-4-6-13)16-11-20-17-8-7-14(18)9-15(16)17/h3-11,13,17,19-20H,2,12H2,1H3;2-9,11-12,19-20H,10H2,1H3. The smallest absolute Gasteiger partial charge is 0.0458 e. The van der Waals surface area contributed by atoms with Gasteiger partial charge in [-0.3, -0.25) is 0 Å². The second-order valence-corrected chi connectivity index (χ2v) is 11.1. The molecule has 4 nitrogen and oxygen atoms in total. The van der Waals surface area contributed by atoms with Crippen molar-refractivity contribution in [3.05, 3.63) is 142 Å². The molecule has 6 rings (SSSR count). The molecule has 0 bridgehead atoms. The summed E-state index contributed by atoms with van der Waals surface area (Å²) in [4.78, 5) is 6.69. The van der Waals surface area contributed by atoms with E-state index in [1.165, 1.54) is 44.1 Å². The summed E-state index contributed by atoms with van der Waals surface area (Å²) in [6, 6.07) is 36.5. The molecule has 0 aliphatic carbocycles. The van der Waals surface area contributed by atoms with Gasteiger partial charge in [0.2, 0.25) is 0 Å². The maximum atomic E-state index is 3.66. The van der Waals surface area contributed by atoms with E-state index >= 15 is 0 Å². The fraction of sp³-hybridized carbons (Fsp3) is 0.200. The Morgan fingerprint density at radius 1 is 0.650 bits per heavy atom. The van der Waals surface area contributed by atoms with Crippen LogP contribution >= 0.6 is 15.9 Å². The predicted octanol–water partition coefficient (Wildman–Crippen LogP) is 9.19. The van der Waals surface area contributed by atoms with Gasteiger partial charge in [-0.2, -0.15) is 0 Å². The van der Waals surface area contributed by atoms with E-state index in [9.17, 15) is 0 Å². The van der Waals surface area contributed by atoms with Gasteiger partial charge in [-0.25, -0.2) is 0 Å². The summed E-state index contributed by atoms with van der Waals surface area (Å²) in [6.45, 7) is 6.21. The molecule has 0 fully saturated rings. The zero-order valence-corrected chi connectivity index (χ0v) is 24.7. The van der Waals surface area contributed by atoms with Gasteiger partial charge in [0.05, 0.1) is 0 Å². The van der Waals surface area contributed by atoms with Crippen LogP contribution in [-0.2, 0) is 13.1 Å². The molecule has 4 N–H and O–H groups in total. The summed E-state index contributed by atoms with van der Waals surface area (Å²) in [6.07, 6.45) is 5.31. The summed E-state index contributed by atoms with van der Waals surface area (Å²) in [5, 5.41) is 9.83. The number of H-pyrrole nitrogens is 2. The second-order valence-electron chi connectivity index (χ2n) is 10.1. The van der Waals surface area contributed by atoms with Crippen LogP contribution in [0.4, 0.5) is 0 Å². The van der Waals surface area contributed by atoms with E-state index in [4.69, 9.17) is 0 Å². The predicted molar refractivity (Wildman–Crippen MR) is 172 cm³/mol. The van der Waals surface area contributed by atoms with Crippen molar-refractivity contribution < 1.29 is 0 Å². The number of aromatic nitrogens is 2. The number of fused-ring (bicyclic) bond motifs is 2. The number of halogens is 1. The van der Waals surface area contributed by atoms with Crippen molar-refractivity contribution in [3.63, 3.8) is 0 Å². The van der Waals surface area contributed by atoms with Crippen LogP contribution in [0.2, 0.25) is 0 Å². The number of aromatic amines is 2. The van der Waals surface area contributed by atoms with E-state index in [1.54, 1.807) is 0 Å². The summed E-state index contributed by atoms with van der Waals surface area (Å²) >= 11 is 3.54. The first-order valence-electron chi connectivity index (χ1n) is 14.0. The fourth-order valence-corrected chi connectivity index (χ4v) is 5.50. The molecule has 5 heteroatoms. The fourth-order valence-electron chi connectivity index (χ4n) is 5.14. The van der Waals surface area contributed by atoms with Crippen molar-refractivity contribution >= 4 is 37.7 Å². The van der Waals surface area contributed by atoms with Gasteiger partial charge in [0.25, 0.3) is 0 Å². The number of para-hydroxylation sites is 1. The summed E-state index contributed by atoms with van der Waals surface area (Å²) < 4.78 is 1.11. The Kier molecular flexibility index (Phi) is 9.50. The van der Waals surface area contributed by atoms with Crippen molar-refractivity contribution in [3.8, 4) is 0 Å². The van der Waals surface area contributed by atoms with Crippen LogP contribution in [0.1, 0.15) is 54.6 Å². The Bertz CT molecular complexity index is 1620. The van der Waals surface area contributed by atoms with Crippen molar-refractivity contribution in [1.82, 2.24) is 20.6 Å². The van der Waals surface area contributed by atoms with E-state index in [1.807, 2.05) is 6.07 Å². The monoisotopic (exact) mass is 592 g/mol. The molecule has 204 valence electrons. The average molecular weight is 594 g/mol. The summed E-state index contributed by atoms with van der Waals surface area (Å²) in [7, 11) is 0. The maximum Gasteiger partial charge on any atom is 0.0458 e. The first-order valence-corrected chi connectivity index (χ1v) is 14.8. The molecule has 2 atom stereocenters. The molecule has 0 saturated carbocycles. The van der Waals surface area contributed by atoms with Crippen LogP contribution in [0.15, 0.2) is 120 Å². The number of hydrogen-bond acceptors (Lipinski definition) is 2. The third-order valence-electron chi connectivity index (χ3n) is 7.40. The second kappa shape index (κ2) is 13.6. The van der Waals surface area contributed by atoms with Gasteiger partial charge in [0.15, 0.2) is 0 Å². The van der Waals surface area contributed by atoms with Crippen LogP contribution < -0.4 is 10.6 Å². The highest BCUT2D eigenvalue weighted by molar-refractivity contribution is 9.10. The highest BCUT2D eigenvalue weighted by Crippen LogP contribution is 2.28. The molecule has 0 aliphatic heterocycles. The first kappa shape index (κ1) is 27.9. The molecule has 2 unspecified atom stereocenters. The average Bonchev–Trinajstić information content (AvgIpc) is 3.62. The molecule has 2 aromatic heterocycles. The van der Waals surface area contributed by atoms with Gasteiger partial charge in [-0.15, -0.1) is 0 Å². The SMILES string of the molecule is CC(NCc1ccccc1)c1c[nH]c2ccc(Br)cc12.CCC(NCc1ccccc1)c1c[nH]c2ccccc12. The number of nitrogens with one attached hydrogen (secondary N) is 4. The van der Waals surface area contributed by atoms with Gasteiger partial charge in [-0.1, -0.05) is 102 Å². The Hall–Kier alpha value is -3.64. The van der Waals surface area contributed by atoms with E-state index < -0.39 is 0 Å². The Balaban J connectivity index is 0.000000161. The molecule has 2 heterocycles. The van der Waals surface area contributed by atoms with Crippen LogP contribution in [0.25, 0.3) is 21.8 Å². The first-order chi connectivity index (χ1) is 19.6. The lowest BCUT2D eigenvalue weighted by Gasteiger charge is -2.16. The number of benzene rings is 4. The van der Waals surface area contributed by atoms with Crippen LogP contribution in [0, 0.1) is 0 Å². The number of rotatable bonds is 9. The van der Waals surface area contributed by atoms with Crippen molar-refractivity contribution in [1.29, 1.82) is 0 Å². The van der Waals surface area contributed by atoms with E-state index in [0.29, 0.717) is 12.1 Å². The zero-order chi connectivity index (χ0) is 27.7. The van der Waals surface area contributed by atoms with E-state index in [0.717, 1.165) is 24.0 Å². The lowest BCUT2D eigenvalue weighted by atomic mass is 10.0. The maximum absolute atomic E-state index is 3.66. The Morgan fingerprint density at radius 2 is 1.23 bits per heavy atom. The Morgan fingerprint density at radius 3 is 1.90 bits per heavy atom. The van der Waals surface area contributed by atoms with Gasteiger partial charge in [-0.05, 0) is 59.9 Å². The minimum absolute atomic E-state index is 0.304. The quantitative estimate of drug-likeness (QED) is 0.135. The third-order valence-corrected chi connectivity index (χ3v) is 7.89. The summed E-state index contributed by atoms with van der Waals surface area (Å²) in [5.74, 6) is 0. The van der Waals surface area contributed by atoms with E-state index in [2.05, 4.69) is 160 Å². The van der Waals surface area contributed by atoms with E-state index in [-0.39, 0.29) is 0 Å². The highest BCUT2D eigenvalue weighted by Gasteiger charge is 2.13.